The molecule has 3 N–H and O–H groups in total. The molecule has 6 heteroatoms. The topological polar surface area (TPSA) is 63.3 Å². The Morgan fingerprint density at radius 1 is 1.39 bits per heavy atom. The summed E-state index contributed by atoms with van der Waals surface area (Å²) >= 11 is 0. The van der Waals surface area contributed by atoms with Crippen LogP contribution < -0.4 is 5.73 Å². The number of hydrogen-bond acceptors (Lipinski definition) is 2. The summed E-state index contributed by atoms with van der Waals surface area (Å²) in [7, 11) is 0. The van der Waals surface area contributed by atoms with Crippen LogP contribution in [0.25, 0.3) is 0 Å². The Morgan fingerprint density at radius 3 is 2.61 bits per heavy atom. The predicted octanol–water partition coefficient (Wildman–Crippen LogP) is 2.35. The normalized spacial score (nSPS) is 23.6. The lowest BCUT2D eigenvalue weighted by Gasteiger charge is -2.28. The first-order chi connectivity index (χ1) is 8.30. The van der Waals surface area contributed by atoms with E-state index in [1.54, 1.807) is 0 Å². The fourth-order valence-electron chi connectivity index (χ4n) is 2.31. The zero-order valence-electron chi connectivity index (χ0n) is 9.37. The van der Waals surface area contributed by atoms with Crippen molar-refractivity contribution in [2.75, 3.05) is 0 Å². The second-order valence-electron chi connectivity index (χ2n) is 4.42. The van der Waals surface area contributed by atoms with Crippen LogP contribution in [0.4, 0.5) is 13.2 Å². The SMILES string of the molecule is NC1c2ccc(C(F)(F)F)cc2CCC1C(=O)O. The van der Waals surface area contributed by atoms with Crippen molar-refractivity contribution in [2.45, 2.75) is 25.1 Å². The fraction of sp³-hybridized carbons (Fsp3) is 0.417. The van der Waals surface area contributed by atoms with Gasteiger partial charge in [0.15, 0.2) is 0 Å². The van der Waals surface area contributed by atoms with Gasteiger partial charge in [0.2, 0.25) is 0 Å². The van der Waals surface area contributed by atoms with Gasteiger partial charge in [-0.2, -0.15) is 13.2 Å². The number of halogens is 3. The first kappa shape index (κ1) is 12.9. The van der Waals surface area contributed by atoms with Crippen LogP contribution in [0.1, 0.15) is 29.2 Å². The van der Waals surface area contributed by atoms with Crippen LogP contribution in [0, 0.1) is 5.92 Å². The molecule has 0 heterocycles. The third-order valence-electron chi connectivity index (χ3n) is 3.30. The molecule has 0 saturated carbocycles. The Balaban J connectivity index is 2.38. The average Bonchev–Trinajstić information content (AvgIpc) is 2.27. The summed E-state index contributed by atoms with van der Waals surface area (Å²) in [5.41, 5.74) is 6.07. The molecule has 1 aromatic carbocycles. The molecule has 2 atom stereocenters. The number of carboxylic acid groups (broad SMARTS) is 1. The van der Waals surface area contributed by atoms with E-state index in [1.807, 2.05) is 0 Å². The van der Waals surface area contributed by atoms with E-state index in [9.17, 15) is 18.0 Å². The number of hydrogen-bond donors (Lipinski definition) is 2. The molecule has 0 aromatic heterocycles. The van der Waals surface area contributed by atoms with Crippen LogP contribution in [0.2, 0.25) is 0 Å². The van der Waals surface area contributed by atoms with Crippen molar-refractivity contribution in [3.63, 3.8) is 0 Å². The van der Waals surface area contributed by atoms with Crippen molar-refractivity contribution < 1.29 is 23.1 Å². The van der Waals surface area contributed by atoms with Crippen LogP contribution in [0.15, 0.2) is 18.2 Å². The molecular formula is C12H12F3NO2. The third-order valence-corrected chi connectivity index (χ3v) is 3.30. The lowest BCUT2D eigenvalue weighted by atomic mass is 9.79. The molecule has 1 aromatic rings. The minimum Gasteiger partial charge on any atom is -0.481 e. The van der Waals surface area contributed by atoms with Gasteiger partial charge in [-0.05, 0) is 36.1 Å². The second kappa shape index (κ2) is 4.28. The number of alkyl halides is 3. The lowest BCUT2D eigenvalue weighted by Crippen LogP contribution is -2.32. The molecule has 0 fully saturated rings. The molecule has 98 valence electrons. The molecule has 0 amide bonds. The Labute approximate surface area is 101 Å². The van der Waals surface area contributed by atoms with E-state index in [2.05, 4.69) is 0 Å². The maximum Gasteiger partial charge on any atom is 0.416 e. The summed E-state index contributed by atoms with van der Waals surface area (Å²) in [4.78, 5) is 10.9. The molecule has 0 spiro atoms. The Morgan fingerprint density at radius 2 is 2.06 bits per heavy atom. The van der Waals surface area contributed by atoms with E-state index >= 15 is 0 Å². The van der Waals surface area contributed by atoms with Gasteiger partial charge in [0.25, 0.3) is 0 Å². The summed E-state index contributed by atoms with van der Waals surface area (Å²) in [6, 6.07) is 2.56. The predicted molar refractivity (Wildman–Crippen MR) is 57.8 cm³/mol. The molecule has 0 saturated heterocycles. The minimum absolute atomic E-state index is 0.269. The monoisotopic (exact) mass is 259 g/mol. The molecule has 2 unspecified atom stereocenters. The van der Waals surface area contributed by atoms with E-state index in [0.29, 0.717) is 17.5 Å². The highest BCUT2D eigenvalue weighted by molar-refractivity contribution is 5.72. The first-order valence-electron chi connectivity index (χ1n) is 5.49. The van der Waals surface area contributed by atoms with Crippen LogP contribution in [-0.2, 0) is 17.4 Å². The number of rotatable bonds is 1. The van der Waals surface area contributed by atoms with Crippen molar-refractivity contribution >= 4 is 5.97 Å². The van der Waals surface area contributed by atoms with E-state index in [0.717, 1.165) is 12.1 Å². The number of aliphatic carboxylic acids is 1. The van der Waals surface area contributed by atoms with Gasteiger partial charge in [0.1, 0.15) is 0 Å². The maximum atomic E-state index is 12.5. The Kier molecular flexibility index (Phi) is 3.06. The van der Waals surface area contributed by atoms with E-state index in [1.165, 1.54) is 6.07 Å². The van der Waals surface area contributed by atoms with Gasteiger partial charge in [-0.15, -0.1) is 0 Å². The van der Waals surface area contributed by atoms with Crippen molar-refractivity contribution in [3.8, 4) is 0 Å². The number of carboxylic acids is 1. The van der Waals surface area contributed by atoms with E-state index < -0.39 is 29.7 Å². The molecular weight excluding hydrogens is 247 g/mol. The van der Waals surface area contributed by atoms with Gasteiger partial charge >= 0.3 is 12.1 Å². The fourth-order valence-corrected chi connectivity index (χ4v) is 2.31. The van der Waals surface area contributed by atoms with Crippen molar-refractivity contribution in [3.05, 3.63) is 34.9 Å². The molecule has 3 nitrogen and oxygen atoms in total. The molecule has 1 aliphatic rings. The summed E-state index contributed by atoms with van der Waals surface area (Å²) in [6.45, 7) is 0. The van der Waals surface area contributed by atoms with Crippen molar-refractivity contribution in [2.24, 2.45) is 11.7 Å². The first-order valence-corrected chi connectivity index (χ1v) is 5.49. The highest BCUT2D eigenvalue weighted by Crippen LogP contribution is 2.37. The average molecular weight is 259 g/mol. The zero-order valence-corrected chi connectivity index (χ0v) is 9.37. The summed E-state index contributed by atoms with van der Waals surface area (Å²) < 4.78 is 37.6. The van der Waals surface area contributed by atoms with Gasteiger partial charge in [-0.1, -0.05) is 6.07 Å². The summed E-state index contributed by atoms with van der Waals surface area (Å²) in [5.74, 6) is -1.73. The van der Waals surface area contributed by atoms with Gasteiger partial charge < -0.3 is 10.8 Å². The Bertz CT molecular complexity index is 485. The maximum absolute atomic E-state index is 12.5. The number of nitrogens with two attached hydrogens (primary N) is 1. The quantitative estimate of drug-likeness (QED) is 0.813. The highest BCUT2D eigenvalue weighted by Gasteiger charge is 2.35. The molecule has 1 aliphatic carbocycles. The molecule has 2 rings (SSSR count). The number of fused-ring (bicyclic) bond motifs is 1. The molecule has 0 radical (unpaired) electrons. The smallest absolute Gasteiger partial charge is 0.416 e. The van der Waals surface area contributed by atoms with E-state index in [4.69, 9.17) is 10.8 Å². The number of benzene rings is 1. The highest BCUT2D eigenvalue weighted by atomic mass is 19.4. The third kappa shape index (κ3) is 2.20. The second-order valence-corrected chi connectivity index (χ2v) is 4.42. The van der Waals surface area contributed by atoms with Crippen LogP contribution >= 0.6 is 0 Å². The lowest BCUT2D eigenvalue weighted by molar-refractivity contribution is -0.143. The van der Waals surface area contributed by atoms with Gasteiger partial charge in [0.05, 0.1) is 11.5 Å². The molecule has 0 bridgehead atoms. The van der Waals surface area contributed by atoms with E-state index in [-0.39, 0.29) is 6.42 Å². The van der Waals surface area contributed by atoms with Crippen LogP contribution in [0.5, 0.6) is 0 Å². The van der Waals surface area contributed by atoms with Crippen molar-refractivity contribution in [1.82, 2.24) is 0 Å². The molecule has 0 aliphatic heterocycles. The van der Waals surface area contributed by atoms with Gasteiger partial charge in [0, 0.05) is 6.04 Å². The summed E-state index contributed by atoms with van der Waals surface area (Å²) in [5, 5.41) is 8.96. The minimum atomic E-state index is -4.39. The van der Waals surface area contributed by atoms with Crippen LogP contribution in [-0.4, -0.2) is 11.1 Å². The largest absolute Gasteiger partial charge is 0.481 e. The van der Waals surface area contributed by atoms with Gasteiger partial charge in [-0.25, -0.2) is 0 Å². The molecule has 18 heavy (non-hydrogen) atoms. The Hall–Kier alpha value is -1.56. The standard InChI is InChI=1S/C12H12F3NO2/c13-12(14,15)7-2-4-8-6(5-7)1-3-9(10(8)16)11(17)18/h2,4-5,9-10H,1,3,16H2,(H,17,18). The zero-order chi connectivity index (χ0) is 13.5. The number of carbonyl (C=O) groups is 1. The van der Waals surface area contributed by atoms with Crippen LogP contribution in [0.3, 0.4) is 0 Å². The summed E-state index contributed by atoms with van der Waals surface area (Å²) in [6.07, 6.45) is -3.81. The van der Waals surface area contributed by atoms with Crippen molar-refractivity contribution in [1.29, 1.82) is 0 Å². The van der Waals surface area contributed by atoms with Gasteiger partial charge in [-0.3, -0.25) is 4.79 Å². The number of aryl methyl sites for hydroxylation is 1.